The Labute approximate surface area is 112 Å². The van der Waals surface area contributed by atoms with Crippen LogP contribution in [0.25, 0.3) is 0 Å². The fourth-order valence-corrected chi connectivity index (χ4v) is 4.70. The molecule has 3 saturated carbocycles. The van der Waals surface area contributed by atoms with E-state index in [4.69, 9.17) is 4.74 Å². The minimum absolute atomic E-state index is 0.431. The number of nitrogens with one attached hydrogen (secondary N) is 1. The Kier molecular flexibility index (Phi) is 3.02. The van der Waals surface area contributed by atoms with Crippen molar-refractivity contribution in [1.82, 2.24) is 5.32 Å². The van der Waals surface area contributed by atoms with Gasteiger partial charge in [-0.2, -0.15) is 0 Å². The molecule has 104 valence electrons. The first-order valence-electron chi connectivity index (χ1n) is 7.86. The van der Waals surface area contributed by atoms with E-state index in [2.05, 4.69) is 33.0 Å². The molecule has 0 spiro atoms. The van der Waals surface area contributed by atoms with Crippen molar-refractivity contribution < 1.29 is 4.74 Å². The highest BCUT2D eigenvalue weighted by atomic mass is 16.5. The molecular weight excluding hydrogens is 222 g/mol. The van der Waals surface area contributed by atoms with Crippen LogP contribution in [0.5, 0.6) is 0 Å². The topological polar surface area (TPSA) is 21.3 Å². The third kappa shape index (κ3) is 1.68. The molecule has 0 heterocycles. The van der Waals surface area contributed by atoms with Gasteiger partial charge in [-0.3, -0.25) is 0 Å². The van der Waals surface area contributed by atoms with Gasteiger partial charge in [-0.05, 0) is 55.4 Å². The quantitative estimate of drug-likeness (QED) is 0.827. The van der Waals surface area contributed by atoms with Crippen LogP contribution in [0.2, 0.25) is 0 Å². The van der Waals surface area contributed by atoms with Gasteiger partial charge in [-0.1, -0.05) is 27.7 Å². The zero-order valence-corrected chi connectivity index (χ0v) is 12.5. The summed E-state index contributed by atoms with van der Waals surface area (Å²) < 4.78 is 6.46. The molecule has 0 aromatic rings. The van der Waals surface area contributed by atoms with Gasteiger partial charge < -0.3 is 10.1 Å². The third-order valence-electron chi connectivity index (χ3n) is 6.66. The van der Waals surface area contributed by atoms with Gasteiger partial charge in [0.2, 0.25) is 0 Å². The van der Waals surface area contributed by atoms with Crippen LogP contribution in [-0.4, -0.2) is 24.8 Å². The van der Waals surface area contributed by atoms with Gasteiger partial charge in [-0.25, -0.2) is 0 Å². The average Bonchev–Trinajstić information content (AvgIpc) is 2.59. The van der Waals surface area contributed by atoms with Gasteiger partial charge in [0.25, 0.3) is 0 Å². The van der Waals surface area contributed by atoms with Crippen molar-refractivity contribution in [3.8, 4) is 0 Å². The molecule has 1 N–H and O–H groups in total. The lowest BCUT2D eigenvalue weighted by atomic mass is 9.70. The molecule has 2 heteroatoms. The summed E-state index contributed by atoms with van der Waals surface area (Å²) in [5, 5.41) is 3.52. The summed E-state index contributed by atoms with van der Waals surface area (Å²) >= 11 is 0. The molecule has 2 bridgehead atoms. The summed E-state index contributed by atoms with van der Waals surface area (Å²) in [5.74, 6) is 0.900. The Bertz CT molecular complexity index is 321. The summed E-state index contributed by atoms with van der Waals surface area (Å²) in [6.07, 6.45) is 7.63. The Morgan fingerprint density at radius 2 is 1.89 bits per heavy atom. The van der Waals surface area contributed by atoms with Gasteiger partial charge in [0.15, 0.2) is 0 Å². The van der Waals surface area contributed by atoms with E-state index < -0.39 is 0 Å². The second kappa shape index (κ2) is 4.21. The van der Waals surface area contributed by atoms with E-state index in [1.54, 1.807) is 0 Å². The van der Waals surface area contributed by atoms with E-state index >= 15 is 0 Å². The highest BCUT2D eigenvalue weighted by Crippen LogP contribution is 2.66. The Balaban J connectivity index is 1.57. The zero-order chi connectivity index (χ0) is 13.0. The standard InChI is InChI=1S/C16H29NO/c1-5-17-12-9-13(10-12)18-14-8-11-6-7-16(14,4)15(11,2)3/h11-14,17H,5-10H2,1-4H3. The maximum atomic E-state index is 6.46. The first-order valence-corrected chi connectivity index (χ1v) is 7.86. The molecule has 0 aliphatic heterocycles. The second-order valence-electron chi connectivity index (χ2n) is 7.58. The SMILES string of the molecule is CCNC1CC(OC2CC3CCC2(C)C3(C)C)C1. The second-order valence-corrected chi connectivity index (χ2v) is 7.58. The maximum absolute atomic E-state index is 6.46. The van der Waals surface area contributed by atoms with Crippen LogP contribution in [0.3, 0.4) is 0 Å². The summed E-state index contributed by atoms with van der Waals surface area (Å²) in [4.78, 5) is 0. The number of hydrogen-bond acceptors (Lipinski definition) is 2. The van der Waals surface area contributed by atoms with Crippen LogP contribution in [0, 0.1) is 16.7 Å². The minimum Gasteiger partial charge on any atom is -0.374 e. The Morgan fingerprint density at radius 1 is 1.17 bits per heavy atom. The number of fused-ring (bicyclic) bond motifs is 2. The van der Waals surface area contributed by atoms with Crippen LogP contribution < -0.4 is 5.32 Å². The molecule has 3 fully saturated rings. The average molecular weight is 251 g/mol. The minimum atomic E-state index is 0.431. The van der Waals surface area contributed by atoms with E-state index in [1.165, 1.54) is 32.1 Å². The van der Waals surface area contributed by atoms with E-state index in [9.17, 15) is 0 Å². The molecule has 0 aromatic carbocycles. The molecule has 0 amide bonds. The molecule has 3 aliphatic carbocycles. The van der Waals surface area contributed by atoms with Gasteiger partial charge in [0, 0.05) is 6.04 Å². The largest absolute Gasteiger partial charge is 0.374 e. The van der Waals surface area contributed by atoms with Crippen molar-refractivity contribution in [2.45, 2.75) is 78.0 Å². The molecule has 0 saturated heterocycles. The first-order chi connectivity index (χ1) is 8.47. The van der Waals surface area contributed by atoms with Crippen LogP contribution in [0.1, 0.15) is 59.8 Å². The highest BCUT2D eigenvalue weighted by Gasteiger charge is 2.62. The van der Waals surface area contributed by atoms with Crippen molar-refractivity contribution in [3.63, 3.8) is 0 Å². The normalized spacial score (nSPS) is 49.3. The van der Waals surface area contributed by atoms with E-state index in [-0.39, 0.29) is 0 Å². The Hall–Kier alpha value is -0.0800. The summed E-state index contributed by atoms with van der Waals surface area (Å²) in [7, 11) is 0. The fraction of sp³-hybridized carbons (Fsp3) is 1.00. The van der Waals surface area contributed by atoms with Gasteiger partial charge >= 0.3 is 0 Å². The van der Waals surface area contributed by atoms with Crippen LogP contribution in [0.15, 0.2) is 0 Å². The lowest BCUT2D eigenvalue weighted by Crippen LogP contribution is -2.48. The molecule has 3 unspecified atom stereocenters. The van der Waals surface area contributed by atoms with Crippen LogP contribution in [-0.2, 0) is 4.74 Å². The van der Waals surface area contributed by atoms with Crippen molar-refractivity contribution in [1.29, 1.82) is 0 Å². The molecule has 0 radical (unpaired) electrons. The number of rotatable bonds is 4. The lowest BCUT2D eigenvalue weighted by molar-refractivity contribution is -0.118. The molecule has 3 rings (SSSR count). The van der Waals surface area contributed by atoms with Gasteiger partial charge in [0.05, 0.1) is 12.2 Å². The molecular formula is C16H29NO. The van der Waals surface area contributed by atoms with E-state index in [0.717, 1.165) is 18.5 Å². The number of ether oxygens (including phenoxy) is 1. The van der Waals surface area contributed by atoms with Crippen LogP contribution >= 0.6 is 0 Å². The zero-order valence-electron chi connectivity index (χ0n) is 12.5. The van der Waals surface area contributed by atoms with Crippen molar-refractivity contribution in [3.05, 3.63) is 0 Å². The lowest BCUT2D eigenvalue weighted by Gasteiger charge is -2.44. The van der Waals surface area contributed by atoms with Gasteiger partial charge in [0.1, 0.15) is 0 Å². The summed E-state index contributed by atoms with van der Waals surface area (Å²) in [6, 6.07) is 0.722. The highest BCUT2D eigenvalue weighted by molar-refractivity contribution is 5.11. The summed E-state index contributed by atoms with van der Waals surface area (Å²) in [5.41, 5.74) is 0.920. The maximum Gasteiger partial charge on any atom is 0.0640 e. The summed E-state index contributed by atoms with van der Waals surface area (Å²) in [6.45, 7) is 10.7. The molecule has 18 heavy (non-hydrogen) atoms. The predicted molar refractivity (Wildman–Crippen MR) is 74.6 cm³/mol. The van der Waals surface area contributed by atoms with Crippen molar-refractivity contribution in [2.75, 3.05) is 6.54 Å². The Morgan fingerprint density at radius 3 is 2.39 bits per heavy atom. The van der Waals surface area contributed by atoms with Crippen LogP contribution in [0.4, 0.5) is 0 Å². The van der Waals surface area contributed by atoms with Crippen molar-refractivity contribution >= 4 is 0 Å². The molecule has 3 aliphatic rings. The monoisotopic (exact) mass is 251 g/mol. The van der Waals surface area contributed by atoms with E-state index in [0.29, 0.717) is 23.0 Å². The molecule has 3 atom stereocenters. The van der Waals surface area contributed by atoms with E-state index in [1.807, 2.05) is 0 Å². The predicted octanol–water partition coefficient (Wildman–Crippen LogP) is 3.36. The fourth-order valence-electron chi connectivity index (χ4n) is 4.70. The number of hydrogen-bond donors (Lipinski definition) is 1. The first kappa shape index (κ1) is 12.9. The third-order valence-corrected chi connectivity index (χ3v) is 6.66. The van der Waals surface area contributed by atoms with Gasteiger partial charge in [-0.15, -0.1) is 0 Å². The molecule has 2 nitrogen and oxygen atoms in total. The smallest absolute Gasteiger partial charge is 0.0640 e. The molecule has 0 aromatic heterocycles. The van der Waals surface area contributed by atoms with Crippen molar-refractivity contribution in [2.24, 2.45) is 16.7 Å².